The van der Waals surface area contributed by atoms with Gasteiger partial charge < -0.3 is 0 Å². The van der Waals surface area contributed by atoms with Crippen molar-refractivity contribution >= 4 is 5.78 Å². The molecule has 1 aromatic carbocycles. The molecule has 1 aromatic rings. The van der Waals surface area contributed by atoms with Crippen LogP contribution in [0.3, 0.4) is 0 Å². The molecule has 0 fully saturated rings. The van der Waals surface area contributed by atoms with Crippen molar-refractivity contribution in [2.75, 3.05) is 0 Å². The Balaban J connectivity index is 2.22. The maximum atomic E-state index is 12.2. The predicted molar refractivity (Wildman–Crippen MR) is 78.3 cm³/mol. The van der Waals surface area contributed by atoms with E-state index in [1.807, 2.05) is 6.08 Å². The van der Waals surface area contributed by atoms with Crippen molar-refractivity contribution in [3.63, 3.8) is 0 Å². The molecule has 0 heterocycles. The molecule has 2 atom stereocenters. The van der Waals surface area contributed by atoms with Gasteiger partial charge in [0.05, 0.1) is 0 Å². The van der Waals surface area contributed by atoms with Crippen LogP contribution in [0.4, 0.5) is 0 Å². The van der Waals surface area contributed by atoms with Crippen molar-refractivity contribution in [1.29, 1.82) is 0 Å². The Morgan fingerprint density at radius 1 is 1.21 bits per heavy atom. The molecule has 0 aromatic heterocycles. The summed E-state index contributed by atoms with van der Waals surface area (Å²) < 4.78 is 0. The number of aryl methyl sites for hydroxylation is 2. The van der Waals surface area contributed by atoms with Crippen LogP contribution in [0.15, 0.2) is 30.4 Å². The lowest BCUT2D eigenvalue weighted by Crippen LogP contribution is -2.49. The molecule has 19 heavy (non-hydrogen) atoms. The lowest BCUT2D eigenvalue weighted by molar-refractivity contribution is -0.127. The molecule has 1 heteroatoms. The van der Waals surface area contributed by atoms with E-state index >= 15 is 0 Å². The Bertz CT molecular complexity index is 579. The molecule has 0 spiro atoms. The van der Waals surface area contributed by atoms with Crippen LogP contribution in [0.2, 0.25) is 0 Å². The number of benzene rings is 1. The summed E-state index contributed by atoms with van der Waals surface area (Å²) >= 11 is 0. The van der Waals surface area contributed by atoms with Gasteiger partial charge in [-0.2, -0.15) is 0 Å². The lowest BCUT2D eigenvalue weighted by Gasteiger charge is -2.50. The first-order valence-electron chi connectivity index (χ1n) is 7.19. The maximum absolute atomic E-state index is 12.2. The zero-order valence-corrected chi connectivity index (χ0v) is 12.3. The summed E-state index contributed by atoms with van der Waals surface area (Å²) in [5.74, 6) is 0.692. The van der Waals surface area contributed by atoms with E-state index in [4.69, 9.17) is 0 Å². The van der Waals surface area contributed by atoms with Gasteiger partial charge in [0.2, 0.25) is 0 Å². The molecule has 2 unspecified atom stereocenters. The molecule has 3 rings (SSSR count). The molecular formula is C18H22O. The SMILES string of the molecule is Cc1ccc2c(c1)C1(C)C=CC(=O)C(C)(C)C1CC2. The summed E-state index contributed by atoms with van der Waals surface area (Å²) in [6, 6.07) is 6.78. The largest absolute Gasteiger partial charge is 0.294 e. The van der Waals surface area contributed by atoms with Gasteiger partial charge in [0.1, 0.15) is 0 Å². The van der Waals surface area contributed by atoms with Gasteiger partial charge in [0.25, 0.3) is 0 Å². The highest BCUT2D eigenvalue weighted by molar-refractivity contribution is 5.96. The van der Waals surface area contributed by atoms with Crippen molar-refractivity contribution in [2.45, 2.75) is 46.0 Å². The van der Waals surface area contributed by atoms with E-state index in [2.05, 4.69) is 52.0 Å². The third-order valence-electron chi connectivity index (χ3n) is 5.36. The topological polar surface area (TPSA) is 17.1 Å². The van der Waals surface area contributed by atoms with Gasteiger partial charge in [0.15, 0.2) is 5.78 Å². The minimum Gasteiger partial charge on any atom is -0.294 e. The fourth-order valence-corrected chi connectivity index (χ4v) is 4.15. The molecule has 0 aliphatic heterocycles. The van der Waals surface area contributed by atoms with Crippen LogP contribution in [0.5, 0.6) is 0 Å². The van der Waals surface area contributed by atoms with Crippen LogP contribution in [0.1, 0.15) is 43.9 Å². The molecule has 0 N–H and O–H groups in total. The van der Waals surface area contributed by atoms with Crippen LogP contribution < -0.4 is 0 Å². The van der Waals surface area contributed by atoms with Crippen LogP contribution >= 0.6 is 0 Å². The Morgan fingerprint density at radius 2 is 1.95 bits per heavy atom. The van der Waals surface area contributed by atoms with E-state index in [0.29, 0.717) is 5.92 Å². The Hall–Kier alpha value is -1.37. The van der Waals surface area contributed by atoms with E-state index in [9.17, 15) is 4.79 Å². The van der Waals surface area contributed by atoms with E-state index < -0.39 is 0 Å². The number of carbonyl (C=O) groups is 1. The summed E-state index contributed by atoms with van der Waals surface area (Å²) in [5.41, 5.74) is 3.96. The minimum absolute atomic E-state index is 0.0109. The van der Waals surface area contributed by atoms with Gasteiger partial charge in [-0.15, -0.1) is 0 Å². The zero-order valence-electron chi connectivity index (χ0n) is 12.3. The Labute approximate surface area is 115 Å². The molecule has 0 amide bonds. The van der Waals surface area contributed by atoms with Crippen LogP contribution in [-0.4, -0.2) is 5.78 Å². The van der Waals surface area contributed by atoms with Crippen LogP contribution in [0.25, 0.3) is 0 Å². The zero-order chi connectivity index (χ0) is 13.8. The smallest absolute Gasteiger partial charge is 0.161 e. The van der Waals surface area contributed by atoms with E-state index in [1.165, 1.54) is 16.7 Å². The monoisotopic (exact) mass is 254 g/mol. The molecule has 0 saturated heterocycles. The molecular weight excluding hydrogens is 232 g/mol. The molecule has 1 nitrogen and oxygen atoms in total. The quantitative estimate of drug-likeness (QED) is 0.684. The lowest BCUT2D eigenvalue weighted by atomic mass is 9.52. The third-order valence-corrected chi connectivity index (χ3v) is 5.36. The fourth-order valence-electron chi connectivity index (χ4n) is 4.15. The second-order valence-electron chi connectivity index (χ2n) is 6.95. The number of rotatable bonds is 0. The number of ketones is 1. The minimum atomic E-state index is -0.245. The van der Waals surface area contributed by atoms with Crippen molar-refractivity contribution in [2.24, 2.45) is 11.3 Å². The number of hydrogen-bond acceptors (Lipinski definition) is 1. The van der Waals surface area contributed by atoms with Crippen molar-refractivity contribution < 1.29 is 4.79 Å². The van der Waals surface area contributed by atoms with E-state index in [1.54, 1.807) is 0 Å². The standard InChI is InChI=1S/C18H22O/c1-12-5-6-13-7-8-15-17(2,3)16(19)9-10-18(15,4)14(13)11-12/h5-6,9-11,15H,7-8H2,1-4H3. The maximum Gasteiger partial charge on any atom is 0.161 e. The summed E-state index contributed by atoms with van der Waals surface area (Å²) in [7, 11) is 0. The molecule has 0 bridgehead atoms. The Kier molecular flexibility index (Phi) is 2.54. The number of hydrogen-bond donors (Lipinski definition) is 0. The molecule has 100 valence electrons. The van der Waals surface area contributed by atoms with Gasteiger partial charge in [-0.1, -0.05) is 50.6 Å². The van der Waals surface area contributed by atoms with Crippen LogP contribution in [0, 0.1) is 18.3 Å². The van der Waals surface area contributed by atoms with Crippen molar-refractivity contribution in [3.8, 4) is 0 Å². The second kappa shape index (κ2) is 3.82. The highest BCUT2D eigenvalue weighted by Crippen LogP contribution is 2.53. The summed E-state index contributed by atoms with van der Waals surface area (Å²) in [6.07, 6.45) is 6.17. The molecule has 0 saturated carbocycles. The molecule has 0 radical (unpaired) electrons. The number of allylic oxidation sites excluding steroid dienone is 2. The van der Waals surface area contributed by atoms with Gasteiger partial charge >= 0.3 is 0 Å². The average Bonchev–Trinajstić information content (AvgIpc) is 2.35. The highest BCUT2D eigenvalue weighted by Gasteiger charge is 2.51. The van der Waals surface area contributed by atoms with Crippen molar-refractivity contribution in [1.82, 2.24) is 0 Å². The van der Waals surface area contributed by atoms with Gasteiger partial charge in [-0.3, -0.25) is 4.79 Å². The van der Waals surface area contributed by atoms with Crippen molar-refractivity contribution in [3.05, 3.63) is 47.0 Å². The highest BCUT2D eigenvalue weighted by atomic mass is 16.1. The number of fused-ring (bicyclic) bond motifs is 3. The molecule has 2 aliphatic carbocycles. The third kappa shape index (κ3) is 1.64. The normalized spacial score (nSPS) is 31.8. The van der Waals surface area contributed by atoms with Gasteiger partial charge in [-0.25, -0.2) is 0 Å². The van der Waals surface area contributed by atoms with E-state index in [-0.39, 0.29) is 16.6 Å². The van der Waals surface area contributed by atoms with E-state index in [0.717, 1.165) is 12.8 Å². The molecule has 2 aliphatic rings. The Morgan fingerprint density at radius 3 is 2.68 bits per heavy atom. The number of carbonyl (C=O) groups excluding carboxylic acids is 1. The average molecular weight is 254 g/mol. The fraction of sp³-hybridized carbons (Fsp3) is 0.500. The van der Waals surface area contributed by atoms with Crippen LogP contribution in [-0.2, 0) is 16.6 Å². The van der Waals surface area contributed by atoms with Gasteiger partial charge in [0, 0.05) is 10.8 Å². The summed E-state index contributed by atoms with van der Waals surface area (Å²) in [5, 5.41) is 0. The summed E-state index contributed by atoms with van der Waals surface area (Å²) in [4.78, 5) is 12.2. The first kappa shape index (κ1) is 12.7. The van der Waals surface area contributed by atoms with Gasteiger partial charge in [-0.05, 0) is 42.9 Å². The summed E-state index contributed by atoms with van der Waals surface area (Å²) in [6.45, 7) is 8.68. The second-order valence-corrected chi connectivity index (χ2v) is 6.95. The first-order chi connectivity index (χ1) is 8.85. The predicted octanol–water partition coefficient (Wildman–Crippen LogP) is 3.98. The first-order valence-corrected chi connectivity index (χ1v) is 7.19.